The lowest BCUT2D eigenvalue weighted by Crippen LogP contribution is -2.48. The number of rotatable bonds is 6. The third-order valence-corrected chi connectivity index (χ3v) is 8.11. The Bertz CT molecular complexity index is 1390. The Morgan fingerprint density at radius 1 is 1.11 bits per heavy atom. The van der Waals surface area contributed by atoms with Crippen LogP contribution in [0.5, 0.6) is 0 Å². The SMILES string of the molecule is CCN1CCN(C(=O)c2nn(-c3cccc(-n4cc(CNC)nn4)c3)c3c2CCc2sccc2-3)CC1. The van der Waals surface area contributed by atoms with Crippen LogP contribution in [0.15, 0.2) is 41.9 Å². The van der Waals surface area contributed by atoms with Crippen molar-refractivity contribution in [2.24, 2.45) is 0 Å². The Labute approximate surface area is 214 Å². The Morgan fingerprint density at radius 2 is 1.94 bits per heavy atom. The van der Waals surface area contributed by atoms with Crippen LogP contribution in [0.2, 0.25) is 0 Å². The Balaban J connectivity index is 1.41. The van der Waals surface area contributed by atoms with Crippen LogP contribution < -0.4 is 5.32 Å². The molecule has 1 N–H and O–H groups in total. The van der Waals surface area contributed by atoms with Crippen molar-refractivity contribution in [2.45, 2.75) is 26.3 Å². The molecule has 4 aromatic rings. The molecule has 6 rings (SSSR count). The van der Waals surface area contributed by atoms with Crippen LogP contribution in [-0.2, 0) is 19.4 Å². The van der Waals surface area contributed by atoms with Crippen LogP contribution in [0.1, 0.15) is 33.5 Å². The van der Waals surface area contributed by atoms with Crippen molar-refractivity contribution in [2.75, 3.05) is 39.8 Å². The molecule has 2 aliphatic rings. The van der Waals surface area contributed by atoms with Gasteiger partial charge in [-0.2, -0.15) is 5.10 Å². The highest BCUT2D eigenvalue weighted by molar-refractivity contribution is 7.10. The minimum absolute atomic E-state index is 0.0450. The topological polar surface area (TPSA) is 84.1 Å². The first kappa shape index (κ1) is 23.1. The van der Waals surface area contributed by atoms with Crippen LogP contribution >= 0.6 is 11.3 Å². The van der Waals surface area contributed by atoms with Gasteiger partial charge in [0.1, 0.15) is 0 Å². The minimum Gasteiger partial charge on any atom is -0.335 e. The predicted molar refractivity (Wildman–Crippen MR) is 140 cm³/mol. The zero-order valence-corrected chi connectivity index (χ0v) is 21.5. The molecule has 4 heterocycles. The number of hydrogen-bond acceptors (Lipinski definition) is 7. The summed E-state index contributed by atoms with van der Waals surface area (Å²) in [4.78, 5) is 19.4. The maximum atomic E-state index is 13.7. The van der Waals surface area contributed by atoms with Gasteiger partial charge in [-0.3, -0.25) is 4.79 Å². The Hall–Kier alpha value is -3.34. The number of hydrogen-bond donors (Lipinski definition) is 1. The van der Waals surface area contributed by atoms with Crippen molar-refractivity contribution in [1.82, 2.24) is 39.9 Å². The summed E-state index contributed by atoms with van der Waals surface area (Å²) < 4.78 is 3.74. The zero-order valence-electron chi connectivity index (χ0n) is 20.6. The summed E-state index contributed by atoms with van der Waals surface area (Å²) in [5.41, 5.74) is 6.56. The molecule has 1 aliphatic heterocycles. The van der Waals surface area contributed by atoms with Crippen LogP contribution in [0.25, 0.3) is 22.6 Å². The van der Waals surface area contributed by atoms with Gasteiger partial charge in [0.25, 0.3) is 5.91 Å². The number of likely N-dealkylation sites (N-methyl/N-ethyl adjacent to an activating group) is 1. The number of amides is 1. The average molecular weight is 503 g/mol. The van der Waals surface area contributed by atoms with Crippen LogP contribution in [-0.4, -0.2) is 80.3 Å². The maximum Gasteiger partial charge on any atom is 0.274 e. The lowest BCUT2D eigenvalue weighted by atomic mass is 9.94. The van der Waals surface area contributed by atoms with Gasteiger partial charge in [-0.15, -0.1) is 16.4 Å². The third kappa shape index (κ3) is 4.04. The van der Waals surface area contributed by atoms with Gasteiger partial charge < -0.3 is 15.1 Å². The number of aryl methyl sites for hydroxylation is 1. The van der Waals surface area contributed by atoms with Gasteiger partial charge in [-0.25, -0.2) is 9.36 Å². The van der Waals surface area contributed by atoms with Gasteiger partial charge in [-0.1, -0.05) is 18.2 Å². The smallest absolute Gasteiger partial charge is 0.274 e. The molecule has 1 aromatic carbocycles. The molecule has 10 heteroatoms. The molecule has 186 valence electrons. The van der Waals surface area contributed by atoms with E-state index in [-0.39, 0.29) is 5.91 Å². The van der Waals surface area contributed by atoms with E-state index in [1.807, 2.05) is 41.0 Å². The molecular weight excluding hydrogens is 472 g/mol. The van der Waals surface area contributed by atoms with E-state index in [1.165, 1.54) is 10.4 Å². The van der Waals surface area contributed by atoms with Crippen molar-refractivity contribution in [3.63, 3.8) is 0 Å². The fraction of sp³-hybridized carbons (Fsp3) is 0.385. The second-order valence-electron chi connectivity index (χ2n) is 9.28. The van der Waals surface area contributed by atoms with E-state index in [0.717, 1.165) is 73.9 Å². The number of carbonyl (C=O) groups excluding carboxylic acids is 1. The summed E-state index contributed by atoms with van der Waals surface area (Å²) in [5, 5.41) is 18.8. The highest BCUT2D eigenvalue weighted by atomic mass is 32.1. The van der Waals surface area contributed by atoms with Gasteiger partial charge in [0.15, 0.2) is 5.69 Å². The van der Waals surface area contributed by atoms with Crippen molar-refractivity contribution in [3.8, 4) is 22.6 Å². The molecule has 1 amide bonds. The fourth-order valence-electron chi connectivity index (χ4n) is 5.18. The first-order valence-corrected chi connectivity index (χ1v) is 13.4. The van der Waals surface area contributed by atoms with E-state index in [4.69, 9.17) is 5.10 Å². The number of carbonyl (C=O) groups is 1. The largest absolute Gasteiger partial charge is 0.335 e. The Morgan fingerprint density at radius 3 is 2.75 bits per heavy atom. The first-order chi connectivity index (χ1) is 17.7. The van der Waals surface area contributed by atoms with Crippen LogP contribution in [0.4, 0.5) is 0 Å². The number of fused-ring (bicyclic) bond motifs is 3. The highest BCUT2D eigenvalue weighted by Crippen LogP contribution is 2.40. The van der Waals surface area contributed by atoms with E-state index in [2.05, 4.69) is 45.0 Å². The van der Waals surface area contributed by atoms with Crippen LogP contribution in [0.3, 0.4) is 0 Å². The summed E-state index contributed by atoms with van der Waals surface area (Å²) in [6.07, 6.45) is 3.70. The standard InChI is InChI=1S/C26H30N8OS/c1-3-31-10-12-32(13-11-31)26(35)24-22-7-8-23-21(9-14-36-23)25(22)34(29-24)20-6-4-5-19(15-20)33-17-18(16-27-2)28-30-33/h4-6,9,14-15,17,27H,3,7-8,10-13,16H2,1-2H3. The first-order valence-electron chi connectivity index (χ1n) is 12.5. The molecule has 0 bridgehead atoms. The summed E-state index contributed by atoms with van der Waals surface area (Å²) in [6, 6.07) is 10.3. The second kappa shape index (κ2) is 9.61. The lowest BCUT2D eigenvalue weighted by Gasteiger charge is -2.33. The molecule has 1 aliphatic carbocycles. The van der Waals surface area contributed by atoms with E-state index in [1.54, 1.807) is 16.0 Å². The Kier molecular flexibility index (Phi) is 6.16. The molecule has 0 saturated carbocycles. The third-order valence-electron chi connectivity index (χ3n) is 7.13. The van der Waals surface area contributed by atoms with Gasteiger partial charge in [0.05, 0.1) is 29.0 Å². The average Bonchev–Trinajstić information content (AvgIpc) is 3.66. The van der Waals surface area contributed by atoms with E-state index < -0.39 is 0 Å². The number of thiophene rings is 1. The normalized spacial score (nSPS) is 15.7. The maximum absolute atomic E-state index is 13.7. The number of benzene rings is 1. The second-order valence-corrected chi connectivity index (χ2v) is 10.3. The molecular formula is C26H30N8OS. The minimum atomic E-state index is 0.0450. The summed E-state index contributed by atoms with van der Waals surface area (Å²) in [6.45, 7) is 7.16. The van der Waals surface area contributed by atoms with E-state index in [9.17, 15) is 4.79 Å². The molecule has 0 atom stereocenters. The van der Waals surface area contributed by atoms with Gasteiger partial charge in [-0.05, 0) is 56.1 Å². The molecule has 1 saturated heterocycles. The van der Waals surface area contributed by atoms with Crippen molar-refractivity contribution < 1.29 is 4.79 Å². The molecule has 3 aromatic heterocycles. The van der Waals surface area contributed by atoms with Gasteiger partial charge in [0.2, 0.25) is 0 Å². The predicted octanol–water partition coefficient (Wildman–Crippen LogP) is 2.78. The number of nitrogens with zero attached hydrogens (tertiary/aromatic N) is 7. The highest BCUT2D eigenvalue weighted by Gasteiger charge is 2.32. The molecule has 1 fully saturated rings. The monoisotopic (exact) mass is 502 g/mol. The van der Waals surface area contributed by atoms with Gasteiger partial charge >= 0.3 is 0 Å². The van der Waals surface area contributed by atoms with Gasteiger partial charge in [0, 0.05) is 48.7 Å². The molecule has 36 heavy (non-hydrogen) atoms. The van der Waals surface area contributed by atoms with Crippen molar-refractivity contribution in [1.29, 1.82) is 0 Å². The molecule has 0 radical (unpaired) electrons. The zero-order chi connectivity index (χ0) is 24.6. The van der Waals surface area contributed by atoms with Crippen molar-refractivity contribution in [3.05, 3.63) is 63.7 Å². The number of nitrogens with one attached hydrogen (secondary N) is 1. The van der Waals surface area contributed by atoms with E-state index in [0.29, 0.717) is 12.2 Å². The summed E-state index contributed by atoms with van der Waals surface area (Å²) in [5.74, 6) is 0.0450. The summed E-state index contributed by atoms with van der Waals surface area (Å²) in [7, 11) is 1.89. The van der Waals surface area contributed by atoms with Crippen molar-refractivity contribution >= 4 is 17.2 Å². The summed E-state index contributed by atoms with van der Waals surface area (Å²) >= 11 is 1.78. The molecule has 0 unspecified atom stereocenters. The number of aromatic nitrogens is 5. The quantitative estimate of drug-likeness (QED) is 0.437. The molecule has 0 spiro atoms. The fourth-order valence-corrected chi connectivity index (χ4v) is 6.06. The van der Waals surface area contributed by atoms with E-state index >= 15 is 0 Å². The number of piperazine rings is 1. The molecule has 9 nitrogen and oxygen atoms in total. The van der Waals surface area contributed by atoms with Crippen LogP contribution in [0, 0.1) is 0 Å². The lowest BCUT2D eigenvalue weighted by molar-refractivity contribution is 0.0636.